The predicted octanol–water partition coefficient (Wildman–Crippen LogP) is 4.07. The first-order valence-electron chi connectivity index (χ1n) is 7.51. The van der Waals surface area contributed by atoms with E-state index in [0.29, 0.717) is 11.5 Å². The van der Waals surface area contributed by atoms with Crippen molar-refractivity contribution in [2.45, 2.75) is 32.0 Å². The number of thioether (sulfide) groups is 1. The molecule has 1 atom stereocenters. The molecule has 1 aromatic carbocycles. The minimum Gasteiger partial charge on any atom is -0.356 e. The summed E-state index contributed by atoms with van der Waals surface area (Å²) in [6.07, 6.45) is -0.106. The standard InChI is InChI=1S/C16H24F3N3S/c1-12(13-7-6-8-14(11-13)16(17,18)19)22-15(20-2)21-9-4-5-10-23-3/h6-8,11-12H,4-5,9-10H2,1-3H3,(H2,20,21,22). The van der Waals surface area contributed by atoms with Crippen LogP contribution in [0, 0.1) is 0 Å². The Hall–Kier alpha value is -1.37. The molecule has 3 nitrogen and oxygen atoms in total. The molecule has 7 heteroatoms. The van der Waals surface area contributed by atoms with Crippen molar-refractivity contribution in [1.29, 1.82) is 0 Å². The van der Waals surface area contributed by atoms with Gasteiger partial charge >= 0.3 is 6.18 Å². The third-order valence-electron chi connectivity index (χ3n) is 3.36. The van der Waals surface area contributed by atoms with Gasteiger partial charge in [-0.2, -0.15) is 24.9 Å². The molecular weight excluding hydrogens is 323 g/mol. The summed E-state index contributed by atoms with van der Waals surface area (Å²) in [5.41, 5.74) is -0.0613. The van der Waals surface area contributed by atoms with E-state index in [4.69, 9.17) is 0 Å². The molecule has 1 aromatic rings. The first kappa shape index (κ1) is 19.7. The zero-order valence-electron chi connectivity index (χ0n) is 13.7. The summed E-state index contributed by atoms with van der Waals surface area (Å²) in [6, 6.07) is 5.08. The van der Waals surface area contributed by atoms with Crippen LogP contribution in [0.1, 0.15) is 36.9 Å². The van der Waals surface area contributed by atoms with Crippen molar-refractivity contribution in [1.82, 2.24) is 10.6 Å². The van der Waals surface area contributed by atoms with Gasteiger partial charge in [-0.05, 0) is 49.5 Å². The second-order valence-electron chi connectivity index (χ2n) is 5.19. The van der Waals surface area contributed by atoms with Crippen LogP contribution < -0.4 is 10.6 Å². The van der Waals surface area contributed by atoms with Gasteiger partial charge in [0.2, 0.25) is 0 Å². The molecule has 0 aliphatic heterocycles. The SMILES string of the molecule is CN=C(NCCCCSC)NC(C)c1cccc(C(F)(F)F)c1. The zero-order chi connectivity index (χ0) is 17.3. The van der Waals surface area contributed by atoms with E-state index in [-0.39, 0.29) is 6.04 Å². The van der Waals surface area contributed by atoms with Gasteiger partial charge < -0.3 is 10.6 Å². The first-order chi connectivity index (χ1) is 10.9. The summed E-state index contributed by atoms with van der Waals surface area (Å²) >= 11 is 1.81. The molecule has 0 aromatic heterocycles. The van der Waals surface area contributed by atoms with Gasteiger partial charge in [-0.1, -0.05) is 12.1 Å². The second kappa shape index (κ2) is 9.70. The van der Waals surface area contributed by atoms with E-state index in [0.717, 1.165) is 31.2 Å². The molecule has 0 heterocycles. The van der Waals surface area contributed by atoms with Gasteiger partial charge in [0.25, 0.3) is 0 Å². The molecule has 0 amide bonds. The monoisotopic (exact) mass is 347 g/mol. The van der Waals surface area contributed by atoms with Gasteiger partial charge in [0, 0.05) is 13.6 Å². The topological polar surface area (TPSA) is 36.4 Å². The average molecular weight is 347 g/mol. The van der Waals surface area contributed by atoms with E-state index < -0.39 is 11.7 Å². The van der Waals surface area contributed by atoms with E-state index >= 15 is 0 Å². The molecule has 0 bridgehead atoms. The Kier molecular flexibility index (Phi) is 8.30. The van der Waals surface area contributed by atoms with Crippen molar-refractivity contribution in [3.8, 4) is 0 Å². The molecule has 0 fully saturated rings. The molecule has 0 radical (unpaired) electrons. The fourth-order valence-corrected chi connectivity index (χ4v) is 2.54. The number of unbranched alkanes of at least 4 members (excludes halogenated alkanes) is 1. The fraction of sp³-hybridized carbons (Fsp3) is 0.562. The first-order valence-corrected chi connectivity index (χ1v) is 8.91. The summed E-state index contributed by atoms with van der Waals surface area (Å²) < 4.78 is 38.3. The number of guanidine groups is 1. The summed E-state index contributed by atoms with van der Waals surface area (Å²) in [4.78, 5) is 4.11. The van der Waals surface area contributed by atoms with E-state index in [1.165, 1.54) is 12.1 Å². The van der Waals surface area contributed by atoms with Crippen molar-refractivity contribution in [3.63, 3.8) is 0 Å². The van der Waals surface area contributed by atoms with Crippen molar-refractivity contribution in [2.75, 3.05) is 25.6 Å². The fourth-order valence-electron chi connectivity index (χ4n) is 2.05. The van der Waals surface area contributed by atoms with Crippen molar-refractivity contribution in [3.05, 3.63) is 35.4 Å². The van der Waals surface area contributed by atoms with Crippen LogP contribution in [0.3, 0.4) is 0 Å². The van der Waals surface area contributed by atoms with Crippen LogP contribution in [0.4, 0.5) is 13.2 Å². The average Bonchev–Trinajstić information content (AvgIpc) is 2.52. The van der Waals surface area contributed by atoms with Gasteiger partial charge in [-0.25, -0.2) is 0 Å². The van der Waals surface area contributed by atoms with Gasteiger partial charge in [0.15, 0.2) is 5.96 Å². The Balaban J connectivity index is 2.58. The molecule has 23 heavy (non-hydrogen) atoms. The molecule has 0 aliphatic rings. The third kappa shape index (κ3) is 7.16. The lowest BCUT2D eigenvalue weighted by Gasteiger charge is -2.19. The van der Waals surface area contributed by atoms with E-state index in [9.17, 15) is 13.2 Å². The quantitative estimate of drug-likeness (QED) is 0.443. The van der Waals surface area contributed by atoms with E-state index in [2.05, 4.69) is 21.9 Å². The molecular formula is C16H24F3N3S. The number of benzene rings is 1. The van der Waals surface area contributed by atoms with Gasteiger partial charge in [-0.3, -0.25) is 4.99 Å². The van der Waals surface area contributed by atoms with E-state index in [1.54, 1.807) is 13.1 Å². The van der Waals surface area contributed by atoms with Crippen molar-refractivity contribution < 1.29 is 13.2 Å². The summed E-state index contributed by atoms with van der Waals surface area (Å²) in [5.74, 6) is 1.72. The molecule has 0 saturated carbocycles. The Bertz CT molecular complexity index is 504. The minimum absolute atomic E-state index is 0.269. The molecule has 1 rings (SSSR count). The number of halogens is 3. The van der Waals surface area contributed by atoms with Crippen LogP contribution in [0.5, 0.6) is 0 Å². The van der Waals surface area contributed by atoms with Crippen LogP contribution in [0.15, 0.2) is 29.3 Å². The Morgan fingerprint density at radius 3 is 2.65 bits per heavy atom. The molecule has 0 saturated heterocycles. The van der Waals surface area contributed by atoms with Crippen LogP contribution >= 0.6 is 11.8 Å². The Labute approximate surface area is 140 Å². The number of nitrogens with zero attached hydrogens (tertiary/aromatic N) is 1. The van der Waals surface area contributed by atoms with Crippen LogP contribution in [0.25, 0.3) is 0 Å². The molecule has 130 valence electrons. The summed E-state index contributed by atoms with van der Waals surface area (Å²) in [6.45, 7) is 2.60. The smallest absolute Gasteiger partial charge is 0.356 e. The number of hydrogen-bond acceptors (Lipinski definition) is 2. The summed E-state index contributed by atoms with van der Waals surface area (Å²) in [5, 5.41) is 6.30. The molecule has 1 unspecified atom stereocenters. The minimum atomic E-state index is -4.33. The van der Waals surface area contributed by atoms with Crippen LogP contribution in [-0.2, 0) is 6.18 Å². The van der Waals surface area contributed by atoms with E-state index in [1.807, 2.05) is 18.7 Å². The lowest BCUT2D eigenvalue weighted by atomic mass is 10.1. The summed E-state index contributed by atoms with van der Waals surface area (Å²) in [7, 11) is 1.65. The number of aliphatic imine (C=N–C) groups is 1. The highest BCUT2D eigenvalue weighted by Crippen LogP contribution is 2.30. The molecule has 0 aliphatic carbocycles. The van der Waals surface area contributed by atoms with Gasteiger partial charge in [0.05, 0.1) is 11.6 Å². The Morgan fingerprint density at radius 1 is 1.30 bits per heavy atom. The molecule has 0 spiro atoms. The van der Waals surface area contributed by atoms with Crippen LogP contribution in [-0.4, -0.2) is 31.6 Å². The largest absolute Gasteiger partial charge is 0.416 e. The van der Waals surface area contributed by atoms with Gasteiger partial charge in [0.1, 0.15) is 0 Å². The highest BCUT2D eigenvalue weighted by Gasteiger charge is 2.30. The highest BCUT2D eigenvalue weighted by molar-refractivity contribution is 7.98. The van der Waals surface area contributed by atoms with Crippen molar-refractivity contribution >= 4 is 17.7 Å². The second-order valence-corrected chi connectivity index (χ2v) is 6.17. The number of hydrogen-bond donors (Lipinski definition) is 2. The zero-order valence-corrected chi connectivity index (χ0v) is 14.5. The normalized spacial score (nSPS) is 13.7. The maximum Gasteiger partial charge on any atom is 0.416 e. The highest BCUT2D eigenvalue weighted by atomic mass is 32.2. The lowest BCUT2D eigenvalue weighted by molar-refractivity contribution is -0.137. The van der Waals surface area contributed by atoms with Gasteiger partial charge in [-0.15, -0.1) is 0 Å². The number of nitrogens with one attached hydrogen (secondary N) is 2. The molecule has 2 N–H and O–H groups in total. The third-order valence-corrected chi connectivity index (χ3v) is 4.06. The number of alkyl halides is 3. The maximum atomic E-state index is 12.8. The predicted molar refractivity (Wildman–Crippen MR) is 92.0 cm³/mol. The number of rotatable bonds is 7. The van der Waals surface area contributed by atoms with Crippen molar-refractivity contribution in [2.24, 2.45) is 4.99 Å². The lowest BCUT2D eigenvalue weighted by Crippen LogP contribution is -2.39. The Morgan fingerprint density at radius 2 is 2.04 bits per heavy atom. The van der Waals surface area contributed by atoms with Crippen LogP contribution in [0.2, 0.25) is 0 Å². The maximum absolute atomic E-state index is 12.8.